The standard InChI is InChI=1S/C31H46ClN7O4S/c1-19(2)44(40,41)28(33)26(17-34-6)36-29-24(32)16-35-30(38-29)37-25-14-20(3)23(15-27(25)43-22-8-9-22)21-10-12-39(13-11-21)31(4,5)18-42-7/h14-17,19,21-22H,8-13,18,33H2,1-7H3,(H2,35,36,37,38). The number of benzene rings is 1. The Morgan fingerprint density at radius 1 is 1.25 bits per heavy atom. The van der Waals surface area contributed by atoms with Gasteiger partial charge in [-0.1, -0.05) is 11.6 Å². The lowest BCUT2D eigenvalue weighted by Crippen LogP contribution is -2.50. The van der Waals surface area contributed by atoms with Gasteiger partial charge in [0.1, 0.15) is 10.8 Å². The number of methoxy groups -OCH3 is 1. The van der Waals surface area contributed by atoms with Crippen molar-refractivity contribution >= 4 is 45.1 Å². The highest BCUT2D eigenvalue weighted by Crippen LogP contribution is 2.40. The summed E-state index contributed by atoms with van der Waals surface area (Å²) in [4.78, 5) is 15.4. The third-order valence-corrected chi connectivity index (χ3v) is 10.5. The minimum Gasteiger partial charge on any atom is -0.488 e. The predicted molar refractivity (Wildman–Crippen MR) is 178 cm³/mol. The van der Waals surface area contributed by atoms with Crippen LogP contribution in [0.3, 0.4) is 0 Å². The number of allylic oxidation sites excluding steroid dienone is 1. The van der Waals surface area contributed by atoms with Gasteiger partial charge < -0.3 is 25.8 Å². The maximum atomic E-state index is 12.7. The van der Waals surface area contributed by atoms with E-state index in [9.17, 15) is 8.42 Å². The Bertz CT molecular complexity index is 1500. The molecule has 1 aliphatic carbocycles. The van der Waals surface area contributed by atoms with E-state index in [0.29, 0.717) is 12.5 Å². The molecule has 2 aliphatic rings. The van der Waals surface area contributed by atoms with Crippen molar-refractivity contribution in [3.63, 3.8) is 0 Å². The molecule has 2 aromatic rings. The molecule has 44 heavy (non-hydrogen) atoms. The number of rotatable bonds is 13. The Morgan fingerprint density at radius 3 is 2.52 bits per heavy atom. The normalized spacial score (nSPS) is 17.7. The number of nitrogens with zero attached hydrogens (tertiary/aromatic N) is 4. The van der Waals surface area contributed by atoms with Crippen molar-refractivity contribution in [3.8, 4) is 5.75 Å². The van der Waals surface area contributed by atoms with Gasteiger partial charge in [-0.05, 0) is 103 Å². The van der Waals surface area contributed by atoms with Gasteiger partial charge in [0.05, 0.1) is 35.5 Å². The minimum atomic E-state index is -3.76. The Hall–Kier alpha value is -2.93. The minimum absolute atomic E-state index is 0.00335. The Morgan fingerprint density at radius 2 is 1.93 bits per heavy atom. The second-order valence-electron chi connectivity index (χ2n) is 12.4. The van der Waals surface area contributed by atoms with Crippen molar-refractivity contribution < 1.29 is 17.9 Å². The first-order chi connectivity index (χ1) is 20.8. The molecule has 1 aromatic heterocycles. The van der Waals surface area contributed by atoms with E-state index in [1.165, 1.54) is 25.0 Å². The van der Waals surface area contributed by atoms with Crippen LogP contribution in [0.1, 0.15) is 70.4 Å². The summed E-state index contributed by atoms with van der Waals surface area (Å²) in [5.41, 5.74) is 9.34. The van der Waals surface area contributed by atoms with Crippen LogP contribution in [0, 0.1) is 6.92 Å². The fraction of sp³-hybridized carbons (Fsp3) is 0.581. The maximum absolute atomic E-state index is 12.7. The molecule has 0 atom stereocenters. The molecule has 2 fully saturated rings. The monoisotopic (exact) mass is 647 g/mol. The number of anilines is 3. The van der Waals surface area contributed by atoms with Crippen LogP contribution in [-0.4, -0.2) is 80.2 Å². The lowest BCUT2D eigenvalue weighted by Gasteiger charge is -2.43. The number of aromatic nitrogens is 2. The molecule has 0 bridgehead atoms. The molecule has 1 saturated heterocycles. The molecule has 2 heterocycles. The zero-order valence-electron chi connectivity index (χ0n) is 26.8. The average molecular weight is 648 g/mol. The summed E-state index contributed by atoms with van der Waals surface area (Å²) >= 11 is 6.41. The van der Waals surface area contributed by atoms with E-state index in [1.807, 2.05) is 0 Å². The summed E-state index contributed by atoms with van der Waals surface area (Å²) in [5, 5.41) is 5.37. The Balaban J connectivity index is 1.60. The number of aryl methyl sites for hydroxylation is 1. The number of piperidine rings is 1. The molecule has 4 N–H and O–H groups in total. The lowest BCUT2D eigenvalue weighted by molar-refractivity contribution is 0.0186. The van der Waals surface area contributed by atoms with Crippen LogP contribution in [0.25, 0.3) is 0 Å². The van der Waals surface area contributed by atoms with Crippen LogP contribution in [0.4, 0.5) is 17.5 Å². The SMILES string of the molecule is CN=CC(Nc1nc(Nc2cc(C)c(C3CCN(C(C)(C)COC)CC3)cc2OC2CC2)ncc1Cl)=C(N)S(=O)(=O)C(C)C. The Labute approximate surface area is 266 Å². The van der Waals surface area contributed by atoms with Crippen LogP contribution in [0.15, 0.2) is 34.0 Å². The number of sulfone groups is 1. The molecule has 0 amide bonds. The molecule has 242 valence electrons. The number of hydrogen-bond acceptors (Lipinski definition) is 11. The van der Waals surface area contributed by atoms with Crippen molar-refractivity contribution in [3.05, 3.63) is 45.2 Å². The number of likely N-dealkylation sites (tertiary alicyclic amines) is 1. The number of hydrogen-bond donors (Lipinski definition) is 3. The molecule has 4 rings (SSSR count). The van der Waals surface area contributed by atoms with Gasteiger partial charge in [-0.15, -0.1) is 0 Å². The summed E-state index contributed by atoms with van der Waals surface area (Å²) in [7, 11) is -0.480. The van der Waals surface area contributed by atoms with Crippen molar-refractivity contribution in [2.75, 3.05) is 44.5 Å². The highest BCUT2D eigenvalue weighted by molar-refractivity contribution is 7.95. The molecule has 0 radical (unpaired) electrons. The van der Waals surface area contributed by atoms with E-state index >= 15 is 0 Å². The van der Waals surface area contributed by atoms with Crippen molar-refractivity contribution in [1.82, 2.24) is 14.9 Å². The molecule has 1 aromatic carbocycles. The summed E-state index contributed by atoms with van der Waals surface area (Å²) < 4.78 is 37.3. The lowest BCUT2D eigenvalue weighted by atomic mass is 9.85. The third-order valence-electron chi connectivity index (χ3n) is 8.17. The summed E-state index contributed by atoms with van der Waals surface area (Å²) in [6, 6.07) is 4.25. The van der Waals surface area contributed by atoms with Crippen LogP contribution in [-0.2, 0) is 14.6 Å². The molecule has 1 aliphatic heterocycles. The van der Waals surface area contributed by atoms with Crippen molar-refractivity contribution in [1.29, 1.82) is 0 Å². The fourth-order valence-electron chi connectivity index (χ4n) is 5.40. The zero-order chi connectivity index (χ0) is 32.2. The van der Waals surface area contributed by atoms with Gasteiger partial charge in [0.25, 0.3) is 0 Å². The molecule has 0 spiro atoms. The number of nitrogens with one attached hydrogen (secondary N) is 2. The first-order valence-corrected chi connectivity index (χ1v) is 17.0. The topological polar surface area (TPSA) is 144 Å². The fourth-order valence-corrected chi connectivity index (χ4v) is 6.46. The average Bonchev–Trinajstić information content (AvgIpc) is 3.79. The predicted octanol–water partition coefficient (Wildman–Crippen LogP) is 5.39. The summed E-state index contributed by atoms with van der Waals surface area (Å²) in [6.45, 7) is 12.4. The number of nitrogens with two attached hydrogens (primary N) is 1. The van der Waals surface area contributed by atoms with Gasteiger partial charge in [-0.25, -0.2) is 13.4 Å². The number of ether oxygens (including phenoxy) is 2. The Kier molecular flexibility index (Phi) is 10.8. The zero-order valence-corrected chi connectivity index (χ0v) is 28.3. The number of aliphatic imine (C=N–C) groups is 1. The summed E-state index contributed by atoms with van der Waals surface area (Å²) in [5.74, 6) is 1.63. The smallest absolute Gasteiger partial charge is 0.229 e. The third kappa shape index (κ3) is 8.01. The van der Waals surface area contributed by atoms with E-state index in [0.717, 1.165) is 55.8 Å². The van der Waals surface area contributed by atoms with E-state index < -0.39 is 15.1 Å². The second-order valence-corrected chi connectivity index (χ2v) is 15.3. The van der Waals surface area contributed by atoms with Gasteiger partial charge in [-0.2, -0.15) is 4.98 Å². The second kappa shape index (κ2) is 14.0. The van der Waals surface area contributed by atoms with Gasteiger partial charge >= 0.3 is 0 Å². The van der Waals surface area contributed by atoms with Gasteiger partial charge in [-0.3, -0.25) is 9.89 Å². The van der Waals surface area contributed by atoms with Gasteiger partial charge in [0.15, 0.2) is 20.7 Å². The largest absolute Gasteiger partial charge is 0.488 e. The van der Waals surface area contributed by atoms with Crippen molar-refractivity contribution in [2.24, 2.45) is 10.7 Å². The highest BCUT2D eigenvalue weighted by atomic mass is 35.5. The van der Waals surface area contributed by atoms with E-state index in [4.69, 9.17) is 26.8 Å². The molecule has 0 unspecified atom stereocenters. The quantitative estimate of drug-likeness (QED) is 0.242. The molecule has 11 nitrogen and oxygen atoms in total. The first-order valence-electron chi connectivity index (χ1n) is 15.0. The van der Waals surface area contributed by atoms with Gasteiger partial charge in [0, 0.05) is 25.9 Å². The molecular formula is C31H46ClN7O4S. The molecule has 13 heteroatoms. The van der Waals surface area contributed by atoms with Crippen LogP contribution < -0.4 is 21.1 Å². The maximum Gasteiger partial charge on any atom is 0.229 e. The van der Waals surface area contributed by atoms with E-state index in [1.54, 1.807) is 21.0 Å². The van der Waals surface area contributed by atoms with E-state index in [2.05, 4.69) is 63.4 Å². The van der Waals surface area contributed by atoms with Gasteiger partial charge in [0.2, 0.25) is 5.95 Å². The van der Waals surface area contributed by atoms with Crippen LogP contribution >= 0.6 is 11.6 Å². The van der Waals surface area contributed by atoms with Crippen LogP contribution in [0.2, 0.25) is 5.02 Å². The van der Waals surface area contributed by atoms with Crippen LogP contribution in [0.5, 0.6) is 5.75 Å². The van der Waals surface area contributed by atoms with E-state index in [-0.39, 0.29) is 39.2 Å². The first kappa shape index (κ1) is 34.0. The highest BCUT2D eigenvalue weighted by Gasteiger charge is 2.32. The van der Waals surface area contributed by atoms with Crippen molar-refractivity contribution in [2.45, 2.75) is 83.1 Å². The number of halogens is 1. The molecule has 1 saturated carbocycles. The summed E-state index contributed by atoms with van der Waals surface area (Å²) in [6.07, 6.45) is 7.13. The molecular weight excluding hydrogens is 602 g/mol.